The molecular formula is C37H37N3O4P2Ru+6. The minimum Gasteiger partial charge on any atom is -0.615 e. The second-order valence-electron chi connectivity index (χ2n) is 9.85. The number of carbonyl (C=O) groups excluding carboxylic acids is 1. The van der Waals surface area contributed by atoms with Crippen LogP contribution in [0.1, 0.15) is 0 Å². The molecule has 0 fully saturated rings. The van der Waals surface area contributed by atoms with E-state index in [0.29, 0.717) is 0 Å². The summed E-state index contributed by atoms with van der Waals surface area (Å²) in [4.78, 5) is 10.9. The molecule has 0 aliphatic carbocycles. The van der Waals surface area contributed by atoms with Crippen molar-refractivity contribution in [1.29, 1.82) is 0 Å². The van der Waals surface area contributed by atoms with Crippen molar-refractivity contribution in [3.63, 3.8) is 0 Å². The smallest absolute Gasteiger partial charge is 0.615 e. The number of carbonyl (C=O) groups is 1. The van der Waals surface area contributed by atoms with Crippen molar-refractivity contribution in [2.75, 3.05) is 26.5 Å². The fraction of sp³-hybridized carbons (Fsp3) is 0.108. The molecule has 0 atom stereocenters. The van der Waals surface area contributed by atoms with Gasteiger partial charge >= 0.3 is 25.4 Å². The first-order valence-corrected chi connectivity index (χ1v) is 18.2. The summed E-state index contributed by atoms with van der Waals surface area (Å²) in [7, 11) is 0.763. The van der Waals surface area contributed by atoms with Gasteiger partial charge in [-0.3, -0.25) is 0 Å². The Morgan fingerprint density at radius 3 is 1.32 bits per heavy atom. The maximum absolute atomic E-state index is 10.9. The number of nitrogens with zero attached hydrogens (tertiary/aromatic N) is 3. The quantitative estimate of drug-likeness (QED) is 0.0675. The Labute approximate surface area is 291 Å². The van der Waals surface area contributed by atoms with Crippen molar-refractivity contribution in [1.82, 2.24) is 0 Å². The topological polar surface area (TPSA) is 95.7 Å². The largest absolute Gasteiger partial charge is 6.00 e. The summed E-state index contributed by atoms with van der Waals surface area (Å²) in [6, 6.07) is 54.5. The molecule has 1 aliphatic rings. The number of ether oxygens (including phenoxy) is 2. The van der Waals surface area contributed by atoms with Crippen LogP contribution in [0.3, 0.4) is 0 Å². The molecule has 0 aromatic heterocycles. The normalized spacial score (nSPS) is 12.5. The molecule has 7 nitrogen and oxygen atoms in total. The van der Waals surface area contributed by atoms with E-state index in [1.807, 2.05) is 30.3 Å². The van der Waals surface area contributed by atoms with E-state index in [0.717, 1.165) is 14.2 Å². The van der Waals surface area contributed by atoms with Crippen molar-refractivity contribution in [2.45, 2.75) is 0 Å². The van der Waals surface area contributed by atoms with Gasteiger partial charge in [-0.05, 0) is 60.9 Å². The van der Waals surface area contributed by atoms with E-state index in [2.05, 4.69) is 146 Å². The second-order valence-corrected chi connectivity index (χ2v) is 15.1. The van der Waals surface area contributed by atoms with Crippen molar-refractivity contribution < 1.29 is 38.9 Å². The number of rotatable bonds is 9. The molecular weight excluding hydrogens is 713 g/mol. The van der Waals surface area contributed by atoms with Crippen LogP contribution >= 0.6 is 15.8 Å². The summed E-state index contributed by atoms with van der Waals surface area (Å²) in [5.41, 5.74) is -0.483. The predicted molar refractivity (Wildman–Crippen MR) is 191 cm³/mol. The molecule has 5 aromatic carbocycles. The predicted octanol–water partition coefficient (Wildman–Crippen LogP) is 5.28. The SMILES string of the molecule is COC(=O)C1=NN=N/C1=C(/[O-])OC.[Ru+6].c1cc[cH-]c1.c1ccc([PH+](CC[PH+](c2ccccc2)c2ccccc2)c2ccccc2)cc1. The van der Waals surface area contributed by atoms with Crippen LogP contribution in [0, 0.1) is 0 Å². The molecule has 10 heteroatoms. The van der Waals surface area contributed by atoms with Gasteiger partial charge < -0.3 is 14.6 Å². The first-order chi connectivity index (χ1) is 22.6. The molecule has 236 valence electrons. The number of methoxy groups -OCH3 is 2. The minimum atomic E-state index is -0.783. The van der Waals surface area contributed by atoms with Crippen LogP contribution in [0.4, 0.5) is 0 Å². The second kappa shape index (κ2) is 20.8. The van der Waals surface area contributed by atoms with Crippen LogP contribution in [-0.2, 0) is 33.7 Å². The van der Waals surface area contributed by atoms with Crippen LogP contribution in [0.5, 0.6) is 0 Å². The van der Waals surface area contributed by atoms with Gasteiger partial charge in [0.1, 0.15) is 18.0 Å². The van der Waals surface area contributed by atoms with Crippen molar-refractivity contribution in [3.8, 4) is 0 Å². The van der Waals surface area contributed by atoms with Crippen LogP contribution in [-0.4, -0.2) is 38.2 Å². The van der Waals surface area contributed by atoms with E-state index in [1.54, 1.807) is 0 Å². The molecule has 0 saturated heterocycles. The molecule has 0 radical (unpaired) electrons. The summed E-state index contributed by atoms with van der Waals surface area (Å²) in [6.45, 7) is 0. The van der Waals surface area contributed by atoms with Crippen molar-refractivity contribution in [3.05, 3.63) is 163 Å². The first kappa shape index (κ1) is 37.3. The Morgan fingerprint density at radius 1 is 0.638 bits per heavy atom. The number of benzene rings is 4. The van der Waals surface area contributed by atoms with E-state index in [4.69, 9.17) is 0 Å². The summed E-state index contributed by atoms with van der Waals surface area (Å²) in [6.07, 6.45) is 2.52. The summed E-state index contributed by atoms with van der Waals surface area (Å²) < 4.78 is 8.68. The average molecular weight is 751 g/mol. The molecule has 5 aromatic rings. The molecule has 0 bridgehead atoms. The Balaban J connectivity index is 0.000000261. The standard InChI is InChI=1S/C26H24P2.C6H7N3O4.C5H5.Ru/c1-5-13-23(14-6-1)27(24-15-7-2-8-16-24)21-22-28(25-17-9-3-10-18-25)26-19-11-4-12-20-26;1-12-5(10)3-4(6(11)13-2)8-9-7-3;1-2-4-5-3-1;/h1-20H,21-22H2;10H,1-2H3;1-5H;/q;;-1;+6/p+1/b;5-3-;;. The fourth-order valence-corrected chi connectivity index (χ4v) is 10.9. The third-order valence-corrected chi connectivity index (χ3v) is 13.1. The Morgan fingerprint density at radius 2 is 1.02 bits per heavy atom. The number of esters is 1. The van der Waals surface area contributed by atoms with Gasteiger partial charge in [-0.25, -0.2) is 16.9 Å². The molecule has 0 amide bonds. The van der Waals surface area contributed by atoms with Gasteiger partial charge in [0.25, 0.3) is 0 Å². The van der Waals surface area contributed by atoms with Gasteiger partial charge in [-0.1, -0.05) is 72.8 Å². The van der Waals surface area contributed by atoms with Crippen molar-refractivity contribution in [2.24, 2.45) is 15.4 Å². The average Bonchev–Trinajstić information content (AvgIpc) is 3.88. The Kier molecular flexibility index (Phi) is 16.5. The summed E-state index contributed by atoms with van der Waals surface area (Å²) in [5, 5.41) is 26.8. The fourth-order valence-electron chi connectivity index (χ4n) is 4.71. The molecule has 0 unspecified atom stereocenters. The van der Waals surface area contributed by atoms with Crippen LogP contribution in [0.15, 0.2) is 179 Å². The molecule has 0 saturated carbocycles. The van der Waals surface area contributed by atoms with Gasteiger partial charge in [0.15, 0.2) is 0 Å². The molecule has 1 aliphatic heterocycles. The maximum Gasteiger partial charge on any atom is 6.00 e. The molecule has 6 rings (SSSR count). The summed E-state index contributed by atoms with van der Waals surface area (Å²) >= 11 is 0. The van der Waals surface area contributed by atoms with E-state index in [9.17, 15) is 9.90 Å². The van der Waals surface area contributed by atoms with E-state index in [-0.39, 0.29) is 30.9 Å². The van der Waals surface area contributed by atoms with Crippen LogP contribution in [0.2, 0.25) is 0 Å². The zero-order valence-electron chi connectivity index (χ0n) is 26.2. The minimum absolute atomic E-state index is 0. The third-order valence-electron chi connectivity index (χ3n) is 6.94. The third kappa shape index (κ3) is 11.5. The zero-order valence-corrected chi connectivity index (χ0v) is 29.9. The van der Waals surface area contributed by atoms with Gasteiger partial charge in [0.05, 0.1) is 50.1 Å². The maximum atomic E-state index is 10.9. The van der Waals surface area contributed by atoms with Crippen LogP contribution < -0.4 is 26.3 Å². The van der Waals surface area contributed by atoms with Crippen LogP contribution in [0.25, 0.3) is 0 Å². The van der Waals surface area contributed by atoms with Gasteiger partial charge in [0, 0.05) is 0 Å². The van der Waals surface area contributed by atoms with E-state index in [1.165, 1.54) is 33.5 Å². The Bertz CT molecular complexity index is 1510. The van der Waals surface area contributed by atoms with Gasteiger partial charge in [0.2, 0.25) is 5.71 Å². The molecule has 47 heavy (non-hydrogen) atoms. The first-order valence-electron chi connectivity index (χ1n) is 14.7. The zero-order chi connectivity index (χ0) is 32.4. The van der Waals surface area contributed by atoms with E-state index < -0.39 is 27.8 Å². The summed E-state index contributed by atoms with van der Waals surface area (Å²) in [5.74, 6) is -1.55. The monoisotopic (exact) mass is 751 g/mol. The Hall–Kier alpha value is -4.21. The van der Waals surface area contributed by atoms with E-state index >= 15 is 0 Å². The van der Waals surface area contributed by atoms with Crippen molar-refractivity contribution >= 4 is 48.7 Å². The number of hydrogen-bond donors (Lipinski definition) is 0. The van der Waals surface area contributed by atoms with Gasteiger partial charge in [-0.15, -0.1) is 10.2 Å². The molecule has 0 N–H and O–H groups in total. The van der Waals surface area contributed by atoms with Gasteiger partial charge in [-0.2, -0.15) is 18.2 Å². The molecule has 0 spiro atoms. The molecule has 1 heterocycles. The number of hydrogen-bond acceptors (Lipinski definition) is 7.